The van der Waals surface area contributed by atoms with Crippen molar-refractivity contribution in [1.29, 1.82) is 0 Å². The van der Waals surface area contributed by atoms with E-state index < -0.39 is 11.7 Å². The predicted molar refractivity (Wildman–Crippen MR) is 76.9 cm³/mol. The van der Waals surface area contributed by atoms with Crippen LogP contribution in [0.2, 0.25) is 5.15 Å². The lowest BCUT2D eigenvalue weighted by atomic mass is 10.1. The average Bonchev–Trinajstić information content (AvgIpc) is 2.43. The minimum Gasteiger partial charge on any atom is -0.366 e. The Labute approximate surface area is 125 Å². The van der Waals surface area contributed by atoms with Gasteiger partial charge in [0.1, 0.15) is 16.8 Å². The molecule has 0 aliphatic rings. The molecule has 0 saturated carbocycles. The van der Waals surface area contributed by atoms with Crippen LogP contribution < -0.4 is 11.3 Å². The van der Waals surface area contributed by atoms with Gasteiger partial charge >= 0.3 is 0 Å². The van der Waals surface area contributed by atoms with E-state index in [9.17, 15) is 14.0 Å². The largest absolute Gasteiger partial charge is 0.366 e. The number of hydrogen-bond donors (Lipinski definition) is 1. The Kier molecular flexibility index (Phi) is 4.37. The zero-order chi connectivity index (χ0) is 15.6. The Morgan fingerprint density at radius 2 is 2.14 bits per heavy atom. The first-order chi connectivity index (χ1) is 9.92. The van der Waals surface area contributed by atoms with Crippen molar-refractivity contribution < 1.29 is 9.18 Å². The SMILES string of the molecule is CCc1nc(Cl)cc(=O)n1Cc1cc(C(N)=O)ccc1F. The van der Waals surface area contributed by atoms with Crippen LogP contribution in [0.5, 0.6) is 0 Å². The molecule has 1 heterocycles. The molecule has 0 aliphatic heterocycles. The number of carbonyl (C=O) groups excluding carboxylic acids is 1. The number of hydrogen-bond acceptors (Lipinski definition) is 3. The standard InChI is InChI=1S/C14H13ClFN3O2/c1-2-12-18-11(15)6-13(20)19(12)7-9-5-8(14(17)21)3-4-10(9)16/h3-6H,2,7H2,1H3,(H2,17,21). The van der Waals surface area contributed by atoms with E-state index in [2.05, 4.69) is 4.98 Å². The molecule has 0 radical (unpaired) electrons. The lowest BCUT2D eigenvalue weighted by Crippen LogP contribution is -2.25. The highest BCUT2D eigenvalue weighted by Crippen LogP contribution is 2.13. The highest BCUT2D eigenvalue weighted by atomic mass is 35.5. The van der Waals surface area contributed by atoms with Gasteiger partial charge in [-0.15, -0.1) is 0 Å². The predicted octanol–water partition coefficient (Wildman–Crippen LogP) is 1.75. The lowest BCUT2D eigenvalue weighted by molar-refractivity contribution is 0.1000. The summed E-state index contributed by atoms with van der Waals surface area (Å²) in [4.78, 5) is 27.2. The van der Waals surface area contributed by atoms with Crippen molar-refractivity contribution in [2.24, 2.45) is 5.73 Å². The van der Waals surface area contributed by atoms with Gasteiger partial charge in [-0.05, 0) is 18.2 Å². The monoisotopic (exact) mass is 309 g/mol. The molecule has 0 aliphatic carbocycles. The first-order valence-corrected chi connectivity index (χ1v) is 6.64. The third kappa shape index (κ3) is 3.28. The summed E-state index contributed by atoms with van der Waals surface area (Å²) in [6, 6.07) is 4.94. The second-order valence-corrected chi connectivity index (χ2v) is 4.83. The Bertz CT molecular complexity index is 758. The molecule has 0 atom stereocenters. The van der Waals surface area contributed by atoms with Gasteiger partial charge in [0.05, 0.1) is 6.54 Å². The minimum atomic E-state index is -0.659. The van der Waals surface area contributed by atoms with Crippen LogP contribution in [0.1, 0.15) is 28.7 Å². The van der Waals surface area contributed by atoms with E-state index in [-0.39, 0.29) is 28.4 Å². The fourth-order valence-electron chi connectivity index (χ4n) is 1.98. The fourth-order valence-corrected chi connectivity index (χ4v) is 2.17. The van der Waals surface area contributed by atoms with E-state index in [0.717, 1.165) is 12.1 Å². The smallest absolute Gasteiger partial charge is 0.255 e. The van der Waals surface area contributed by atoms with Gasteiger partial charge in [-0.25, -0.2) is 9.37 Å². The molecule has 2 aromatic rings. The molecule has 5 nitrogen and oxygen atoms in total. The molecule has 0 spiro atoms. The zero-order valence-corrected chi connectivity index (χ0v) is 12.0. The highest BCUT2D eigenvalue weighted by molar-refractivity contribution is 6.29. The minimum absolute atomic E-state index is 0.0425. The van der Waals surface area contributed by atoms with Crippen molar-refractivity contribution in [2.45, 2.75) is 19.9 Å². The number of aryl methyl sites for hydroxylation is 1. The number of nitrogens with two attached hydrogens (primary N) is 1. The molecule has 1 aromatic heterocycles. The number of carbonyl (C=O) groups is 1. The summed E-state index contributed by atoms with van der Waals surface area (Å²) < 4.78 is 15.2. The van der Waals surface area contributed by atoms with Gasteiger partial charge in [-0.1, -0.05) is 18.5 Å². The molecule has 1 amide bonds. The third-order valence-electron chi connectivity index (χ3n) is 3.03. The normalized spacial score (nSPS) is 10.6. The van der Waals surface area contributed by atoms with E-state index in [4.69, 9.17) is 17.3 Å². The van der Waals surface area contributed by atoms with Gasteiger partial charge in [-0.2, -0.15) is 0 Å². The summed E-state index contributed by atoms with van der Waals surface area (Å²) in [5.74, 6) is -0.742. The van der Waals surface area contributed by atoms with Gasteiger partial charge in [0.15, 0.2) is 0 Å². The van der Waals surface area contributed by atoms with Gasteiger partial charge in [0.25, 0.3) is 5.56 Å². The number of nitrogens with zero attached hydrogens (tertiary/aromatic N) is 2. The average molecular weight is 310 g/mol. The summed E-state index contributed by atoms with van der Waals surface area (Å²) >= 11 is 5.74. The van der Waals surface area contributed by atoms with E-state index in [1.807, 2.05) is 6.92 Å². The molecule has 0 bridgehead atoms. The van der Waals surface area contributed by atoms with Crippen LogP contribution in [0.3, 0.4) is 0 Å². The molecule has 2 N–H and O–H groups in total. The Hall–Kier alpha value is -2.21. The summed E-state index contributed by atoms with van der Waals surface area (Å²) in [5.41, 5.74) is 5.16. The van der Waals surface area contributed by atoms with Crippen LogP contribution in [-0.4, -0.2) is 15.5 Å². The van der Waals surface area contributed by atoms with E-state index in [1.165, 1.54) is 16.7 Å². The van der Waals surface area contributed by atoms with E-state index >= 15 is 0 Å². The van der Waals surface area contributed by atoms with Crippen LogP contribution in [0.4, 0.5) is 4.39 Å². The summed E-state index contributed by atoms with van der Waals surface area (Å²) in [6.45, 7) is 1.77. The maximum Gasteiger partial charge on any atom is 0.255 e. The highest BCUT2D eigenvalue weighted by Gasteiger charge is 2.12. The molecule has 110 valence electrons. The first kappa shape index (κ1) is 15.2. The first-order valence-electron chi connectivity index (χ1n) is 6.27. The summed E-state index contributed by atoms with van der Waals surface area (Å²) in [5, 5.41) is 0.0967. The molecular formula is C14H13ClFN3O2. The molecule has 1 aromatic carbocycles. The topological polar surface area (TPSA) is 78.0 Å². The van der Waals surface area contributed by atoms with Crippen LogP contribution in [0.25, 0.3) is 0 Å². The van der Waals surface area contributed by atoms with Gasteiger partial charge in [0.2, 0.25) is 5.91 Å². The quantitative estimate of drug-likeness (QED) is 0.874. The van der Waals surface area contributed by atoms with Gasteiger partial charge in [0, 0.05) is 23.6 Å². The number of rotatable bonds is 4. The lowest BCUT2D eigenvalue weighted by Gasteiger charge is -2.12. The van der Waals surface area contributed by atoms with E-state index in [1.54, 1.807) is 0 Å². The summed E-state index contributed by atoms with van der Waals surface area (Å²) in [6.07, 6.45) is 0.465. The fraction of sp³-hybridized carbons (Fsp3) is 0.214. The molecule has 21 heavy (non-hydrogen) atoms. The Morgan fingerprint density at radius 1 is 1.43 bits per heavy atom. The van der Waals surface area contributed by atoms with Gasteiger partial charge in [-0.3, -0.25) is 14.2 Å². The number of aromatic nitrogens is 2. The van der Waals surface area contributed by atoms with Crippen LogP contribution >= 0.6 is 11.6 Å². The molecule has 0 unspecified atom stereocenters. The van der Waals surface area contributed by atoms with Crippen molar-refractivity contribution in [1.82, 2.24) is 9.55 Å². The van der Waals surface area contributed by atoms with Crippen molar-refractivity contribution in [3.05, 3.63) is 62.5 Å². The molecule has 2 rings (SSSR count). The van der Waals surface area contributed by atoms with E-state index in [0.29, 0.717) is 12.2 Å². The Morgan fingerprint density at radius 3 is 2.76 bits per heavy atom. The van der Waals surface area contributed by atoms with Crippen LogP contribution in [0.15, 0.2) is 29.1 Å². The summed E-state index contributed by atoms with van der Waals surface area (Å²) in [7, 11) is 0. The second kappa shape index (κ2) is 6.05. The maximum atomic E-state index is 13.9. The molecular weight excluding hydrogens is 297 g/mol. The molecule has 0 saturated heterocycles. The number of primary amides is 1. The molecule has 7 heteroatoms. The second-order valence-electron chi connectivity index (χ2n) is 4.44. The number of amides is 1. The van der Waals surface area contributed by atoms with Crippen LogP contribution in [0, 0.1) is 5.82 Å². The van der Waals surface area contributed by atoms with Crippen molar-refractivity contribution in [3.8, 4) is 0 Å². The van der Waals surface area contributed by atoms with Crippen molar-refractivity contribution in [2.75, 3.05) is 0 Å². The van der Waals surface area contributed by atoms with Crippen molar-refractivity contribution >= 4 is 17.5 Å². The maximum absolute atomic E-state index is 13.9. The van der Waals surface area contributed by atoms with Crippen LogP contribution in [-0.2, 0) is 13.0 Å². The Balaban J connectivity index is 2.50. The third-order valence-corrected chi connectivity index (χ3v) is 3.22. The number of benzene rings is 1. The van der Waals surface area contributed by atoms with Crippen molar-refractivity contribution in [3.63, 3.8) is 0 Å². The zero-order valence-electron chi connectivity index (χ0n) is 11.3. The number of halogens is 2. The van der Waals surface area contributed by atoms with Gasteiger partial charge < -0.3 is 5.73 Å². The molecule has 0 fully saturated rings.